The maximum atomic E-state index is 12.4. The van der Waals surface area contributed by atoms with Crippen LogP contribution >= 0.6 is 11.8 Å². The van der Waals surface area contributed by atoms with Gasteiger partial charge in [0.15, 0.2) is 0 Å². The molecule has 3 aromatic rings. The number of hydrogen-bond acceptors (Lipinski definition) is 6. The molecule has 2 heterocycles. The lowest BCUT2D eigenvalue weighted by Crippen LogP contribution is -2.27. The number of benzene rings is 1. The lowest BCUT2D eigenvalue weighted by molar-refractivity contribution is -0.127. The fraction of sp³-hybridized carbons (Fsp3) is 0.400. The maximum Gasteiger partial charge on any atom is 0.233 e. The summed E-state index contributed by atoms with van der Waals surface area (Å²) in [5, 5.41) is 12.5. The Labute approximate surface area is 169 Å². The van der Waals surface area contributed by atoms with Crippen molar-refractivity contribution in [2.75, 3.05) is 12.8 Å². The van der Waals surface area contributed by atoms with E-state index >= 15 is 0 Å². The second-order valence-corrected chi connectivity index (χ2v) is 7.64. The number of thioether (sulfide) groups is 1. The van der Waals surface area contributed by atoms with Gasteiger partial charge in [-0.25, -0.2) is 0 Å². The van der Waals surface area contributed by atoms with Crippen LogP contribution in [0.1, 0.15) is 36.8 Å². The summed E-state index contributed by atoms with van der Waals surface area (Å²) >= 11 is 1.32. The van der Waals surface area contributed by atoms with Crippen LogP contribution in [0.4, 0.5) is 0 Å². The van der Waals surface area contributed by atoms with E-state index in [1.807, 2.05) is 31.2 Å². The molecule has 0 atom stereocenters. The van der Waals surface area contributed by atoms with Crippen LogP contribution in [0, 0.1) is 6.92 Å². The van der Waals surface area contributed by atoms with E-state index in [-0.39, 0.29) is 11.7 Å². The van der Waals surface area contributed by atoms with Crippen molar-refractivity contribution >= 4 is 17.7 Å². The van der Waals surface area contributed by atoms with Crippen LogP contribution in [-0.2, 0) is 17.8 Å². The quantitative estimate of drug-likeness (QED) is 0.511. The molecular weight excluding hydrogens is 374 g/mol. The first-order valence-electron chi connectivity index (χ1n) is 9.36. The number of nitrogens with zero attached hydrogens (tertiary/aromatic N) is 5. The highest BCUT2D eigenvalue weighted by atomic mass is 32.2. The molecule has 0 saturated carbocycles. The van der Waals surface area contributed by atoms with Crippen LogP contribution in [0.5, 0.6) is 0 Å². The molecule has 1 aromatic carbocycles. The summed E-state index contributed by atoms with van der Waals surface area (Å²) in [6.45, 7) is 4.52. The van der Waals surface area contributed by atoms with Crippen molar-refractivity contribution in [1.82, 2.24) is 25.1 Å². The second-order valence-electron chi connectivity index (χ2n) is 6.69. The summed E-state index contributed by atoms with van der Waals surface area (Å²) in [6, 6.07) is 12.0. The molecule has 148 valence electrons. The van der Waals surface area contributed by atoms with Gasteiger partial charge in [0.05, 0.1) is 18.0 Å². The van der Waals surface area contributed by atoms with Gasteiger partial charge < -0.3 is 9.32 Å². The van der Waals surface area contributed by atoms with E-state index in [1.54, 1.807) is 16.6 Å². The number of carbonyl (C=O) groups is 1. The van der Waals surface area contributed by atoms with Crippen LogP contribution in [0.2, 0.25) is 0 Å². The molecular formula is C20H25N5O2S. The van der Waals surface area contributed by atoms with Crippen LogP contribution < -0.4 is 0 Å². The van der Waals surface area contributed by atoms with Crippen LogP contribution in [0.25, 0.3) is 5.69 Å². The van der Waals surface area contributed by atoms with E-state index in [2.05, 4.69) is 34.6 Å². The molecule has 3 rings (SSSR count). The van der Waals surface area contributed by atoms with E-state index < -0.39 is 0 Å². The Hall–Kier alpha value is -2.61. The van der Waals surface area contributed by atoms with Gasteiger partial charge in [-0.15, -0.1) is 5.10 Å². The van der Waals surface area contributed by atoms with Gasteiger partial charge in [-0.2, -0.15) is 4.68 Å². The third-order valence-corrected chi connectivity index (χ3v) is 5.28. The first-order chi connectivity index (χ1) is 13.6. The predicted octanol–water partition coefficient (Wildman–Crippen LogP) is 3.66. The summed E-state index contributed by atoms with van der Waals surface area (Å²) in [5.41, 5.74) is 2.19. The van der Waals surface area contributed by atoms with E-state index in [0.717, 1.165) is 23.6 Å². The van der Waals surface area contributed by atoms with Crippen molar-refractivity contribution < 1.29 is 9.21 Å². The predicted molar refractivity (Wildman–Crippen MR) is 108 cm³/mol. The van der Waals surface area contributed by atoms with Crippen LogP contribution in [0.3, 0.4) is 0 Å². The highest BCUT2D eigenvalue weighted by molar-refractivity contribution is 7.99. The molecule has 0 fully saturated rings. The molecule has 0 saturated heterocycles. The molecule has 0 radical (unpaired) electrons. The van der Waals surface area contributed by atoms with Gasteiger partial charge in [0.1, 0.15) is 11.5 Å². The van der Waals surface area contributed by atoms with Gasteiger partial charge >= 0.3 is 0 Å². The lowest BCUT2D eigenvalue weighted by Gasteiger charge is -2.15. The Morgan fingerprint density at radius 2 is 2.00 bits per heavy atom. The SMILES string of the molecule is CCCCc1ccc(-n2nnnc2SCC(=O)N(C)Cc2ccc(C)o2)cc1. The molecule has 0 bridgehead atoms. The third-order valence-electron chi connectivity index (χ3n) is 4.38. The Bertz CT molecular complexity index is 903. The van der Waals surface area contributed by atoms with Gasteiger partial charge in [-0.3, -0.25) is 4.79 Å². The first-order valence-corrected chi connectivity index (χ1v) is 10.3. The van der Waals surface area contributed by atoms with Crippen molar-refractivity contribution in [3.8, 4) is 5.69 Å². The maximum absolute atomic E-state index is 12.4. The Morgan fingerprint density at radius 3 is 2.68 bits per heavy atom. The monoisotopic (exact) mass is 399 g/mol. The number of rotatable bonds is 9. The molecule has 28 heavy (non-hydrogen) atoms. The molecule has 7 nitrogen and oxygen atoms in total. The average Bonchev–Trinajstić information content (AvgIpc) is 3.33. The van der Waals surface area contributed by atoms with Crippen LogP contribution in [-0.4, -0.2) is 43.8 Å². The number of aryl methyl sites for hydroxylation is 2. The van der Waals surface area contributed by atoms with Gasteiger partial charge in [-0.05, 0) is 60.0 Å². The van der Waals surface area contributed by atoms with Gasteiger partial charge in [0.25, 0.3) is 0 Å². The van der Waals surface area contributed by atoms with Gasteiger partial charge in [-0.1, -0.05) is 37.2 Å². The topological polar surface area (TPSA) is 77.1 Å². The Kier molecular flexibility index (Phi) is 6.86. The van der Waals surface area contributed by atoms with Crippen LogP contribution in [0.15, 0.2) is 46.0 Å². The van der Waals surface area contributed by atoms with Crippen molar-refractivity contribution in [1.29, 1.82) is 0 Å². The zero-order chi connectivity index (χ0) is 19.9. The Morgan fingerprint density at radius 1 is 1.21 bits per heavy atom. The number of furan rings is 1. The zero-order valence-corrected chi connectivity index (χ0v) is 17.3. The summed E-state index contributed by atoms with van der Waals surface area (Å²) in [6.07, 6.45) is 3.43. The largest absolute Gasteiger partial charge is 0.464 e. The highest BCUT2D eigenvalue weighted by Crippen LogP contribution is 2.20. The van der Waals surface area contributed by atoms with Crippen molar-refractivity contribution in [2.45, 2.75) is 44.8 Å². The number of amides is 1. The van der Waals surface area contributed by atoms with Crippen molar-refractivity contribution in [3.05, 3.63) is 53.5 Å². The minimum Gasteiger partial charge on any atom is -0.464 e. The first kappa shape index (κ1) is 20.1. The minimum atomic E-state index is -0.0106. The molecule has 0 aliphatic heterocycles. The highest BCUT2D eigenvalue weighted by Gasteiger charge is 2.15. The van der Waals surface area contributed by atoms with E-state index in [1.165, 1.54) is 30.2 Å². The number of aromatic nitrogens is 4. The fourth-order valence-electron chi connectivity index (χ4n) is 2.74. The van der Waals surface area contributed by atoms with Gasteiger partial charge in [0, 0.05) is 7.05 Å². The molecule has 0 unspecified atom stereocenters. The third kappa shape index (κ3) is 5.22. The summed E-state index contributed by atoms with van der Waals surface area (Å²) in [5.74, 6) is 1.85. The summed E-state index contributed by atoms with van der Waals surface area (Å²) in [7, 11) is 1.76. The molecule has 0 aliphatic rings. The smallest absolute Gasteiger partial charge is 0.233 e. The molecule has 0 N–H and O–H groups in total. The lowest BCUT2D eigenvalue weighted by atomic mass is 10.1. The molecule has 0 aliphatic carbocycles. The summed E-state index contributed by atoms with van der Waals surface area (Å²) < 4.78 is 7.19. The van der Waals surface area contributed by atoms with Crippen molar-refractivity contribution in [2.24, 2.45) is 0 Å². The second kappa shape index (κ2) is 9.54. The zero-order valence-electron chi connectivity index (χ0n) is 16.5. The summed E-state index contributed by atoms with van der Waals surface area (Å²) in [4.78, 5) is 14.1. The van der Waals surface area contributed by atoms with E-state index in [0.29, 0.717) is 11.7 Å². The van der Waals surface area contributed by atoms with E-state index in [9.17, 15) is 4.79 Å². The van der Waals surface area contributed by atoms with Gasteiger partial charge in [0.2, 0.25) is 11.1 Å². The molecule has 2 aromatic heterocycles. The number of unbranched alkanes of at least 4 members (excludes halogenated alkanes) is 1. The molecule has 8 heteroatoms. The minimum absolute atomic E-state index is 0.0106. The average molecular weight is 400 g/mol. The Balaban J connectivity index is 1.58. The number of tetrazole rings is 1. The van der Waals surface area contributed by atoms with E-state index in [4.69, 9.17) is 4.42 Å². The molecule has 0 spiro atoms. The number of hydrogen-bond donors (Lipinski definition) is 0. The standard InChI is InChI=1S/C20H25N5O2S/c1-4-5-6-16-8-10-17(11-9-16)25-20(21-22-23-25)28-14-19(26)24(3)13-18-12-7-15(2)27-18/h7-12H,4-6,13-14H2,1-3H3. The van der Waals surface area contributed by atoms with Crippen molar-refractivity contribution in [3.63, 3.8) is 0 Å². The normalized spacial score (nSPS) is 11.0. The number of carbonyl (C=O) groups excluding carboxylic acids is 1. The fourth-order valence-corrected chi connectivity index (χ4v) is 3.58. The molecule has 1 amide bonds.